The summed E-state index contributed by atoms with van der Waals surface area (Å²) in [7, 11) is 0. The molecule has 1 N–H and O–H groups in total. The minimum Gasteiger partial charge on any atom is -0.353 e. The number of rotatable bonds is 2. The Kier molecular flexibility index (Phi) is 2.30. The molecule has 4 heteroatoms. The molecule has 3 aromatic rings. The van der Waals surface area contributed by atoms with Crippen molar-refractivity contribution in [3.8, 4) is 10.7 Å². The fourth-order valence-corrected chi connectivity index (χ4v) is 2.59. The smallest absolute Gasteiger partial charge is 0.161 e. The van der Waals surface area contributed by atoms with Crippen LogP contribution in [0.5, 0.6) is 0 Å². The van der Waals surface area contributed by atoms with Gasteiger partial charge in [-0.05, 0) is 24.6 Å². The quantitative estimate of drug-likeness (QED) is 0.700. The summed E-state index contributed by atoms with van der Waals surface area (Å²) in [6.07, 6.45) is 2.43. The molecule has 0 bridgehead atoms. The maximum absolute atomic E-state index is 10.6. The highest BCUT2D eigenvalue weighted by molar-refractivity contribution is 7.16. The lowest BCUT2D eigenvalue weighted by Crippen LogP contribution is -1.72. The number of carbonyl (C=O) groups excluding carboxylic acids is 1. The van der Waals surface area contributed by atoms with Crippen molar-refractivity contribution in [3.63, 3.8) is 0 Å². The lowest BCUT2D eigenvalue weighted by atomic mass is 10.1. The number of aromatic nitrogens is 2. The van der Waals surface area contributed by atoms with Crippen LogP contribution >= 0.6 is 11.3 Å². The van der Waals surface area contributed by atoms with Gasteiger partial charge in [0.05, 0.1) is 10.6 Å². The lowest BCUT2D eigenvalue weighted by molar-refractivity contribution is 0.112. The van der Waals surface area contributed by atoms with Crippen LogP contribution in [0.25, 0.3) is 21.6 Å². The third-order valence-corrected chi connectivity index (χ3v) is 3.71. The van der Waals surface area contributed by atoms with E-state index in [-0.39, 0.29) is 0 Å². The predicted molar refractivity (Wildman–Crippen MR) is 69.5 cm³/mol. The summed E-state index contributed by atoms with van der Waals surface area (Å²) in [6.45, 7) is 2.08. The van der Waals surface area contributed by atoms with Crippen LogP contribution in [0, 0.1) is 6.92 Å². The molecule has 0 aliphatic heterocycles. The number of hydrogen-bond acceptors (Lipinski definition) is 3. The minimum absolute atomic E-state index is 0.648. The van der Waals surface area contributed by atoms with Crippen LogP contribution in [0.2, 0.25) is 0 Å². The van der Waals surface area contributed by atoms with Gasteiger partial charge in [0.25, 0.3) is 0 Å². The molecule has 0 aliphatic rings. The molecular weight excluding hydrogens is 232 g/mol. The maximum atomic E-state index is 10.6. The summed E-state index contributed by atoms with van der Waals surface area (Å²) < 4.78 is 0. The van der Waals surface area contributed by atoms with Gasteiger partial charge < -0.3 is 4.98 Å². The first kappa shape index (κ1) is 10.2. The van der Waals surface area contributed by atoms with E-state index in [2.05, 4.69) is 29.0 Å². The number of benzene rings is 1. The van der Waals surface area contributed by atoms with Crippen molar-refractivity contribution in [1.29, 1.82) is 0 Å². The molecule has 2 aromatic heterocycles. The molecule has 0 amide bonds. The number of carbonyl (C=O) groups is 1. The molecule has 0 aliphatic carbocycles. The monoisotopic (exact) mass is 242 g/mol. The highest BCUT2D eigenvalue weighted by Gasteiger charge is 2.08. The standard InChI is InChI=1S/C13H10N2OS/c1-8-3-2-4-11-10(8)5-12(15-11)13-14-6-9(7-16)17-13/h2-7,15H,1H3. The molecule has 0 fully saturated rings. The summed E-state index contributed by atoms with van der Waals surface area (Å²) in [5.74, 6) is 0. The summed E-state index contributed by atoms with van der Waals surface area (Å²) in [6, 6.07) is 8.23. The van der Waals surface area contributed by atoms with Gasteiger partial charge in [0.15, 0.2) is 6.29 Å². The number of thiazole rings is 1. The van der Waals surface area contributed by atoms with Crippen molar-refractivity contribution in [2.75, 3.05) is 0 Å². The van der Waals surface area contributed by atoms with E-state index in [1.165, 1.54) is 22.3 Å². The van der Waals surface area contributed by atoms with Crippen molar-refractivity contribution in [2.45, 2.75) is 6.92 Å². The van der Waals surface area contributed by atoms with E-state index in [4.69, 9.17) is 0 Å². The molecule has 0 saturated carbocycles. The zero-order valence-corrected chi connectivity index (χ0v) is 10.0. The Morgan fingerprint density at radius 1 is 1.41 bits per heavy atom. The number of hydrogen-bond donors (Lipinski definition) is 1. The molecule has 1 aromatic carbocycles. The van der Waals surface area contributed by atoms with Gasteiger partial charge in [0.2, 0.25) is 0 Å². The molecular formula is C13H10N2OS. The Hall–Kier alpha value is -1.94. The molecule has 84 valence electrons. The molecule has 0 radical (unpaired) electrons. The highest BCUT2D eigenvalue weighted by Crippen LogP contribution is 2.28. The van der Waals surface area contributed by atoms with Crippen LogP contribution in [0.3, 0.4) is 0 Å². The van der Waals surface area contributed by atoms with Crippen molar-refractivity contribution < 1.29 is 4.79 Å². The number of aldehydes is 1. The number of fused-ring (bicyclic) bond motifs is 1. The van der Waals surface area contributed by atoms with Gasteiger partial charge in [-0.3, -0.25) is 4.79 Å². The molecule has 2 heterocycles. The van der Waals surface area contributed by atoms with Crippen LogP contribution < -0.4 is 0 Å². The zero-order valence-electron chi connectivity index (χ0n) is 9.23. The Labute approximate surface area is 102 Å². The first-order chi connectivity index (χ1) is 8.28. The van der Waals surface area contributed by atoms with Crippen LogP contribution in [0.1, 0.15) is 15.2 Å². The number of H-pyrrole nitrogens is 1. The van der Waals surface area contributed by atoms with Crippen LogP contribution in [0.15, 0.2) is 30.5 Å². The second-order valence-corrected chi connectivity index (χ2v) is 4.97. The Morgan fingerprint density at radius 3 is 3.00 bits per heavy atom. The fourth-order valence-electron chi connectivity index (χ4n) is 1.89. The summed E-state index contributed by atoms with van der Waals surface area (Å²) >= 11 is 1.40. The topological polar surface area (TPSA) is 45.8 Å². The second-order valence-electron chi connectivity index (χ2n) is 3.90. The van der Waals surface area contributed by atoms with Gasteiger partial charge in [-0.2, -0.15) is 0 Å². The van der Waals surface area contributed by atoms with Crippen LogP contribution in [-0.2, 0) is 0 Å². The van der Waals surface area contributed by atoms with E-state index in [1.807, 2.05) is 12.1 Å². The number of nitrogens with one attached hydrogen (secondary N) is 1. The number of aromatic amines is 1. The first-order valence-electron chi connectivity index (χ1n) is 5.27. The average Bonchev–Trinajstić information content (AvgIpc) is 2.95. The predicted octanol–water partition coefficient (Wildman–Crippen LogP) is 3.41. The van der Waals surface area contributed by atoms with Gasteiger partial charge in [-0.1, -0.05) is 12.1 Å². The van der Waals surface area contributed by atoms with E-state index in [1.54, 1.807) is 6.20 Å². The van der Waals surface area contributed by atoms with E-state index < -0.39 is 0 Å². The minimum atomic E-state index is 0.648. The van der Waals surface area contributed by atoms with Gasteiger partial charge in [0, 0.05) is 17.1 Å². The Morgan fingerprint density at radius 2 is 2.29 bits per heavy atom. The molecule has 3 rings (SSSR count). The molecule has 0 spiro atoms. The largest absolute Gasteiger partial charge is 0.353 e. The zero-order chi connectivity index (χ0) is 11.8. The second kappa shape index (κ2) is 3.82. The van der Waals surface area contributed by atoms with E-state index in [0.29, 0.717) is 4.88 Å². The Balaban J connectivity index is 2.17. The summed E-state index contributed by atoms with van der Waals surface area (Å²) in [5, 5.41) is 2.05. The number of nitrogens with zero attached hydrogens (tertiary/aromatic N) is 1. The van der Waals surface area contributed by atoms with Gasteiger partial charge in [-0.25, -0.2) is 4.98 Å². The Bertz CT molecular complexity index is 696. The molecule has 0 atom stereocenters. The summed E-state index contributed by atoms with van der Waals surface area (Å²) in [5.41, 5.74) is 3.30. The van der Waals surface area contributed by atoms with Crippen molar-refractivity contribution >= 4 is 28.5 Å². The molecule has 0 unspecified atom stereocenters. The van der Waals surface area contributed by atoms with Crippen molar-refractivity contribution in [1.82, 2.24) is 9.97 Å². The van der Waals surface area contributed by atoms with Gasteiger partial charge >= 0.3 is 0 Å². The average molecular weight is 242 g/mol. The summed E-state index contributed by atoms with van der Waals surface area (Å²) in [4.78, 5) is 18.8. The van der Waals surface area contributed by atoms with Crippen molar-refractivity contribution in [3.05, 3.63) is 40.9 Å². The number of aryl methyl sites for hydroxylation is 1. The van der Waals surface area contributed by atoms with Crippen molar-refractivity contribution in [2.24, 2.45) is 0 Å². The SMILES string of the molecule is Cc1cccc2[nH]c(-c3ncc(C=O)s3)cc12. The van der Waals surface area contributed by atoms with Gasteiger partial charge in [0.1, 0.15) is 5.01 Å². The van der Waals surface area contributed by atoms with Crippen LogP contribution in [0.4, 0.5) is 0 Å². The lowest BCUT2D eigenvalue weighted by Gasteiger charge is -1.92. The van der Waals surface area contributed by atoms with E-state index in [0.717, 1.165) is 22.5 Å². The fraction of sp³-hybridized carbons (Fsp3) is 0.0769. The highest BCUT2D eigenvalue weighted by atomic mass is 32.1. The normalized spacial score (nSPS) is 10.9. The maximum Gasteiger partial charge on any atom is 0.161 e. The molecule has 3 nitrogen and oxygen atoms in total. The van der Waals surface area contributed by atoms with Gasteiger partial charge in [-0.15, -0.1) is 11.3 Å². The first-order valence-corrected chi connectivity index (χ1v) is 6.09. The van der Waals surface area contributed by atoms with E-state index >= 15 is 0 Å². The van der Waals surface area contributed by atoms with E-state index in [9.17, 15) is 4.79 Å². The third kappa shape index (κ3) is 1.66. The molecule has 0 saturated heterocycles. The third-order valence-electron chi connectivity index (χ3n) is 2.75. The van der Waals surface area contributed by atoms with Crippen LogP contribution in [-0.4, -0.2) is 16.3 Å². The molecule has 17 heavy (non-hydrogen) atoms.